The number of alkyl halides is 4. The van der Waals surface area contributed by atoms with Crippen LogP contribution in [0.5, 0.6) is 0 Å². The van der Waals surface area contributed by atoms with E-state index in [-0.39, 0.29) is 9.65 Å². The van der Waals surface area contributed by atoms with Gasteiger partial charge < -0.3 is 0 Å². The second-order valence-electron chi connectivity index (χ2n) is 2.83. The third kappa shape index (κ3) is 5.68. The summed E-state index contributed by atoms with van der Waals surface area (Å²) in [5.74, 6) is 0. The van der Waals surface area contributed by atoms with Gasteiger partial charge in [0.25, 0.3) is 0 Å². The van der Waals surface area contributed by atoms with Crippen LogP contribution in [0.25, 0.3) is 10.4 Å². The molecule has 10 heteroatoms. The van der Waals surface area contributed by atoms with Crippen LogP contribution >= 0.6 is 63.7 Å². The summed E-state index contributed by atoms with van der Waals surface area (Å²) in [5.41, 5.74) is 8.14. The minimum atomic E-state index is -3.84. The summed E-state index contributed by atoms with van der Waals surface area (Å²) in [4.78, 5) is 1.89. The Labute approximate surface area is 128 Å². The number of sulfonamides is 1. The molecule has 0 heterocycles. The van der Waals surface area contributed by atoms with Crippen molar-refractivity contribution in [2.45, 2.75) is 26.7 Å². The van der Waals surface area contributed by atoms with Crippen LogP contribution in [0.3, 0.4) is 0 Å². The topological polar surface area (TPSA) is 82.9 Å². The van der Waals surface area contributed by atoms with Crippen molar-refractivity contribution >= 4 is 73.7 Å². The lowest BCUT2D eigenvalue weighted by atomic mass is 10.2. The highest BCUT2D eigenvalue weighted by Gasteiger charge is 2.32. The van der Waals surface area contributed by atoms with Gasteiger partial charge in [0.05, 0.1) is 4.83 Å². The molecule has 0 aromatic carbocycles. The van der Waals surface area contributed by atoms with E-state index in [0.29, 0.717) is 0 Å². The van der Waals surface area contributed by atoms with Crippen LogP contribution in [0.15, 0.2) is 4.52 Å². The second kappa shape index (κ2) is 8.31. The van der Waals surface area contributed by atoms with Gasteiger partial charge in [0.2, 0.25) is 10.0 Å². The van der Waals surface area contributed by atoms with Crippen molar-refractivity contribution in [1.82, 2.24) is 0 Å². The molecular weight excluding hydrogens is 498 g/mol. The molecule has 0 spiro atoms. The minimum Gasteiger partial charge on any atom is -0.220 e. The summed E-state index contributed by atoms with van der Waals surface area (Å²) < 4.78 is 24.7. The smallest absolute Gasteiger partial charge is 0.220 e. The first kappa shape index (κ1) is 17.2. The van der Waals surface area contributed by atoms with Crippen molar-refractivity contribution in [3.63, 3.8) is 0 Å². The van der Waals surface area contributed by atoms with Crippen molar-refractivity contribution < 1.29 is 8.42 Å². The van der Waals surface area contributed by atoms with E-state index in [1.165, 1.54) is 0 Å². The number of azide groups is 1. The SMILES string of the molecule is [N-]=[N+]=NS(=O)(=O)C(Br)C(Br)C(Br)CCCBr. The summed E-state index contributed by atoms with van der Waals surface area (Å²) in [5, 5.41) is 0.852. The lowest BCUT2D eigenvalue weighted by molar-refractivity contribution is 0.591. The predicted molar refractivity (Wildman–Crippen MR) is 79.2 cm³/mol. The molecule has 0 aliphatic heterocycles. The largest absolute Gasteiger partial charge is 0.249 e. The van der Waals surface area contributed by atoms with E-state index < -0.39 is 14.2 Å². The minimum absolute atomic E-state index is 0.0295. The van der Waals surface area contributed by atoms with E-state index in [1.807, 2.05) is 0 Å². The van der Waals surface area contributed by atoms with Gasteiger partial charge in [0, 0.05) is 19.6 Å². The molecule has 94 valence electrons. The van der Waals surface area contributed by atoms with Gasteiger partial charge in [-0.05, 0) is 18.4 Å². The van der Waals surface area contributed by atoms with Crippen LogP contribution in [0.1, 0.15) is 12.8 Å². The lowest BCUT2D eigenvalue weighted by Gasteiger charge is -2.19. The normalized spacial score (nSPS) is 17.2. The van der Waals surface area contributed by atoms with Crippen LogP contribution in [0.4, 0.5) is 0 Å². The molecule has 0 aliphatic rings. The molecule has 0 aromatic rings. The van der Waals surface area contributed by atoms with Crippen LogP contribution in [0, 0.1) is 0 Å². The lowest BCUT2D eigenvalue weighted by Crippen LogP contribution is -2.29. The Morgan fingerprint density at radius 1 is 1.31 bits per heavy atom. The molecule has 0 aliphatic carbocycles. The van der Waals surface area contributed by atoms with Gasteiger partial charge in [-0.3, -0.25) is 0 Å². The third-order valence-electron chi connectivity index (χ3n) is 1.64. The second-order valence-corrected chi connectivity index (χ2v) is 9.15. The van der Waals surface area contributed by atoms with Crippen molar-refractivity contribution in [3.05, 3.63) is 10.4 Å². The molecule has 0 rings (SSSR count). The maximum Gasteiger partial charge on any atom is 0.249 e. The fraction of sp³-hybridized carbons (Fsp3) is 1.00. The van der Waals surface area contributed by atoms with Gasteiger partial charge in [0.1, 0.15) is 4.16 Å². The summed E-state index contributed by atoms with van der Waals surface area (Å²) in [6.07, 6.45) is 1.72. The Morgan fingerprint density at radius 2 is 1.88 bits per heavy atom. The Bertz CT molecular complexity index is 357. The van der Waals surface area contributed by atoms with Crippen molar-refractivity contribution in [1.29, 1.82) is 0 Å². The molecule has 5 nitrogen and oxygen atoms in total. The molecule has 3 unspecified atom stereocenters. The van der Waals surface area contributed by atoms with E-state index >= 15 is 0 Å². The molecule has 0 N–H and O–H groups in total. The van der Waals surface area contributed by atoms with Crippen LogP contribution in [-0.2, 0) is 10.0 Å². The molecule has 0 bridgehead atoms. The van der Waals surface area contributed by atoms with Crippen LogP contribution < -0.4 is 0 Å². The summed E-state index contributed by atoms with van der Waals surface area (Å²) in [6.45, 7) is 0. The molecule has 0 aromatic heterocycles. The Morgan fingerprint density at radius 3 is 2.31 bits per heavy atom. The summed E-state index contributed by atoms with van der Waals surface area (Å²) in [7, 11) is -3.84. The Kier molecular flexibility index (Phi) is 8.92. The Balaban J connectivity index is 4.60. The van der Waals surface area contributed by atoms with Gasteiger partial charge in [0.15, 0.2) is 0 Å². The monoisotopic (exact) mass is 503 g/mol. The van der Waals surface area contributed by atoms with Gasteiger partial charge >= 0.3 is 0 Å². The summed E-state index contributed by atoms with van der Waals surface area (Å²) >= 11 is 13.0. The number of rotatable bonds is 7. The van der Waals surface area contributed by atoms with E-state index in [9.17, 15) is 8.42 Å². The highest BCUT2D eigenvalue weighted by atomic mass is 79.9. The third-order valence-corrected chi connectivity index (χ3v) is 9.32. The zero-order valence-corrected chi connectivity index (χ0v) is 15.1. The van der Waals surface area contributed by atoms with Crippen LogP contribution in [-0.4, -0.2) is 27.6 Å². The van der Waals surface area contributed by atoms with E-state index in [0.717, 1.165) is 18.2 Å². The van der Waals surface area contributed by atoms with E-state index in [2.05, 4.69) is 73.2 Å². The maximum absolute atomic E-state index is 11.4. The van der Waals surface area contributed by atoms with E-state index in [4.69, 9.17) is 5.53 Å². The predicted octanol–water partition coefficient (Wildman–Crippen LogP) is 4.05. The molecule has 3 atom stereocenters. The molecule has 16 heavy (non-hydrogen) atoms. The molecule has 0 amide bonds. The number of hydrogen-bond acceptors (Lipinski definition) is 2. The highest BCUT2D eigenvalue weighted by molar-refractivity contribution is 9.14. The Hall–Kier alpha value is 1.18. The van der Waals surface area contributed by atoms with Gasteiger partial charge in [-0.1, -0.05) is 63.7 Å². The number of halogens is 4. The van der Waals surface area contributed by atoms with Crippen LogP contribution in [0.2, 0.25) is 0 Å². The van der Waals surface area contributed by atoms with Crippen molar-refractivity contribution in [2.75, 3.05) is 5.33 Å². The quantitative estimate of drug-likeness (QED) is 0.226. The first-order valence-corrected chi connectivity index (χ1v) is 9.52. The van der Waals surface area contributed by atoms with E-state index in [1.54, 1.807) is 0 Å². The molecular formula is C6H9Br4N3O2S. The fourth-order valence-electron chi connectivity index (χ4n) is 0.856. The first-order valence-electron chi connectivity index (χ1n) is 4.15. The van der Waals surface area contributed by atoms with Gasteiger partial charge in [-0.25, -0.2) is 8.42 Å². The number of hydrogen-bond donors (Lipinski definition) is 0. The number of nitrogens with zero attached hydrogens (tertiary/aromatic N) is 3. The maximum atomic E-state index is 11.4. The molecule has 0 fully saturated rings. The highest BCUT2D eigenvalue weighted by Crippen LogP contribution is 2.30. The molecule has 0 radical (unpaired) electrons. The van der Waals surface area contributed by atoms with Gasteiger partial charge in [-0.15, -0.1) is 0 Å². The molecule has 0 saturated carbocycles. The fourth-order valence-corrected chi connectivity index (χ4v) is 4.81. The van der Waals surface area contributed by atoms with Crippen molar-refractivity contribution in [3.8, 4) is 0 Å². The van der Waals surface area contributed by atoms with Crippen molar-refractivity contribution in [2.24, 2.45) is 4.52 Å². The first-order chi connectivity index (χ1) is 7.36. The molecule has 0 saturated heterocycles. The zero-order valence-electron chi connectivity index (χ0n) is 7.93. The zero-order chi connectivity index (χ0) is 12.8. The summed E-state index contributed by atoms with van der Waals surface area (Å²) in [6, 6.07) is 0. The van der Waals surface area contributed by atoms with Gasteiger partial charge in [-0.2, -0.15) is 0 Å². The average Bonchev–Trinajstić information content (AvgIpc) is 2.23. The average molecular weight is 507 g/mol. The standard InChI is InChI=1S/C6H9Br4N3O2S/c7-3-1-2-4(8)5(9)6(10)16(14,15)13-12-11/h4-6H,1-3H2.